The number of nitrogens with two attached hydrogens (primary N) is 1. The van der Waals surface area contributed by atoms with E-state index in [2.05, 4.69) is 15.9 Å². The Kier molecular flexibility index (Phi) is 3.09. The van der Waals surface area contributed by atoms with Crippen molar-refractivity contribution in [2.75, 3.05) is 0 Å². The highest BCUT2D eigenvalue weighted by Crippen LogP contribution is 2.29. The van der Waals surface area contributed by atoms with Crippen molar-refractivity contribution < 1.29 is 5.11 Å². The Bertz CT molecular complexity index is 456. The van der Waals surface area contributed by atoms with Crippen LogP contribution in [0.5, 0.6) is 5.75 Å². The number of phenolic OH excluding ortho intramolecular Hbond substituents is 1. The summed E-state index contributed by atoms with van der Waals surface area (Å²) in [7, 11) is 0. The zero-order chi connectivity index (χ0) is 10.8. The van der Waals surface area contributed by atoms with Gasteiger partial charge in [-0.1, -0.05) is 6.07 Å². The second-order valence-electron chi connectivity index (χ2n) is 3.25. The van der Waals surface area contributed by atoms with Crippen molar-refractivity contribution in [3.63, 3.8) is 0 Å². The molecule has 1 aromatic heterocycles. The first-order chi connectivity index (χ1) is 7.18. The zero-order valence-corrected chi connectivity index (χ0v) is 10.3. The number of thiophene rings is 1. The summed E-state index contributed by atoms with van der Waals surface area (Å²) in [6, 6.07) is 7.20. The van der Waals surface area contributed by atoms with Crippen molar-refractivity contribution in [2.45, 2.75) is 6.04 Å². The van der Waals surface area contributed by atoms with Crippen molar-refractivity contribution in [3.05, 3.63) is 50.6 Å². The molecule has 2 nitrogen and oxygen atoms in total. The maximum Gasteiger partial charge on any atom is 0.129 e. The predicted octanol–water partition coefficient (Wildman–Crippen LogP) is 3.26. The Morgan fingerprint density at radius 3 is 2.67 bits per heavy atom. The number of halogens is 1. The molecule has 15 heavy (non-hydrogen) atoms. The van der Waals surface area contributed by atoms with E-state index >= 15 is 0 Å². The highest BCUT2D eigenvalue weighted by molar-refractivity contribution is 9.10. The van der Waals surface area contributed by atoms with E-state index in [-0.39, 0.29) is 11.8 Å². The predicted molar refractivity (Wildman–Crippen MR) is 66.2 cm³/mol. The van der Waals surface area contributed by atoms with Gasteiger partial charge in [-0.15, -0.1) is 0 Å². The summed E-state index contributed by atoms with van der Waals surface area (Å²) in [6.07, 6.45) is 0. The molecule has 0 aliphatic heterocycles. The molecule has 0 aliphatic carbocycles. The van der Waals surface area contributed by atoms with E-state index in [1.165, 1.54) is 0 Å². The van der Waals surface area contributed by atoms with Crippen molar-refractivity contribution >= 4 is 27.3 Å². The van der Waals surface area contributed by atoms with Crippen LogP contribution < -0.4 is 5.73 Å². The molecular formula is C11H10BrNOS. The molecule has 0 saturated heterocycles. The standard InChI is InChI=1S/C11H10BrNOS/c12-9-5-7(1-2-10(9)14)11(13)8-3-4-15-6-8/h1-6,11,14H,13H2/t11-/m1/s1. The largest absolute Gasteiger partial charge is 0.507 e. The van der Waals surface area contributed by atoms with Gasteiger partial charge < -0.3 is 10.8 Å². The maximum absolute atomic E-state index is 9.37. The van der Waals surface area contributed by atoms with E-state index in [0.29, 0.717) is 4.47 Å². The van der Waals surface area contributed by atoms with E-state index in [9.17, 15) is 5.11 Å². The first-order valence-corrected chi connectivity index (χ1v) is 6.18. The molecule has 0 bridgehead atoms. The maximum atomic E-state index is 9.37. The summed E-state index contributed by atoms with van der Waals surface area (Å²) in [5, 5.41) is 13.4. The Morgan fingerprint density at radius 2 is 2.07 bits per heavy atom. The SMILES string of the molecule is N[C@@H](c1ccsc1)c1ccc(O)c(Br)c1. The first kappa shape index (κ1) is 10.7. The number of phenols is 1. The molecule has 2 aromatic rings. The molecule has 0 fully saturated rings. The normalized spacial score (nSPS) is 12.7. The molecule has 78 valence electrons. The van der Waals surface area contributed by atoms with Crippen LogP contribution in [0.25, 0.3) is 0 Å². The van der Waals surface area contributed by atoms with Crippen molar-refractivity contribution in [3.8, 4) is 5.75 Å². The number of hydrogen-bond donors (Lipinski definition) is 2. The molecule has 0 radical (unpaired) electrons. The molecule has 1 aromatic carbocycles. The van der Waals surface area contributed by atoms with Gasteiger partial charge in [-0.25, -0.2) is 0 Å². The smallest absolute Gasteiger partial charge is 0.129 e. The van der Waals surface area contributed by atoms with Gasteiger partial charge in [0.1, 0.15) is 5.75 Å². The molecule has 0 spiro atoms. The minimum absolute atomic E-state index is 0.131. The summed E-state index contributed by atoms with van der Waals surface area (Å²) in [5.41, 5.74) is 8.16. The summed E-state index contributed by atoms with van der Waals surface area (Å²) in [4.78, 5) is 0. The van der Waals surface area contributed by atoms with Crippen LogP contribution >= 0.6 is 27.3 Å². The van der Waals surface area contributed by atoms with Crippen LogP contribution in [-0.4, -0.2) is 5.11 Å². The van der Waals surface area contributed by atoms with E-state index < -0.39 is 0 Å². The monoisotopic (exact) mass is 283 g/mol. The Morgan fingerprint density at radius 1 is 1.27 bits per heavy atom. The van der Waals surface area contributed by atoms with Gasteiger partial charge in [0.25, 0.3) is 0 Å². The lowest BCUT2D eigenvalue weighted by Gasteiger charge is -2.11. The van der Waals surface area contributed by atoms with Gasteiger partial charge in [-0.05, 0) is 56.0 Å². The quantitative estimate of drug-likeness (QED) is 0.889. The number of rotatable bonds is 2. The molecule has 0 amide bonds. The van der Waals surface area contributed by atoms with E-state index in [1.54, 1.807) is 17.4 Å². The van der Waals surface area contributed by atoms with Crippen molar-refractivity contribution in [1.29, 1.82) is 0 Å². The molecule has 0 unspecified atom stereocenters. The van der Waals surface area contributed by atoms with Gasteiger partial charge in [-0.2, -0.15) is 11.3 Å². The lowest BCUT2D eigenvalue weighted by atomic mass is 10.0. The summed E-state index contributed by atoms with van der Waals surface area (Å²) < 4.78 is 0.672. The molecular weight excluding hydrogens is 274 g/mol. The fourth-order valence-corrected chi connectivity index (χ4v) is 2.45. The molecule has 2 rings (SSSR count). The average Bonchev–Trinajstić information content (AvgIpc) is 2.74. The highest BCUT2D eigenvalue weighted by Gasteiger charge is 2.10. The van der Waals surface area contributed by atoms with Crippen LogP contribution in [0, 0.1) is 0 Å². The summed E-state index contributed by atoms with van der Waals surface area (Å²) in [5.74, 6) is 0.233. The van der Waals surface area contributed by atoms with Crippen LogP contribution in [0.15, 0.2) is 39.5 Å². The highest BCUT2D eigenvalue weighted by atomic mass is 79.9. The lowest BCUT2D eigenvalue weighted by Crippen LogP contribution is -2.10. The van der Waals surface area contributed by atoms with Crippen LogP contribution in [0.2, 0.25) is 0 Å². The molecule has 0 saturated carbocycles. The minimum atomic E-state index is -0.131. The topological polar surface area (TPSA) is 46.2 Å². The third-order valence-electron chi connectivity index (χ3n) is 2.23. The van der Waals surface area contributed by atoms with Gasteiger partial charge in [0.15, 0.2) is 0 Å². The van der Waals surface area contributed by atoms with E-state index in [1.807, 2.05) is 29.0 Å². The second kappa shape index (κ2) is 4.35. The lowest BCUT2D eigenvalue weighted by molar-refractivity contribution is 0.471. The summed E-state index contributed by atoms with van der Waals surface area (Å²) >= 11 is 4.90. The molecule has 1 heterocycles. The van der Waals surface area contributed by atoms with Gasteiger partial charge in [-0.3, -0.25) is 0 Å². The van der Waals surface area contributed by atoms with Crippen molar-refractivity contribution in [2.24, 2.45) is 5.73 Å². The van der Waals surface area contributed by atoms with E-state index in [0.717, 1.165) is 11.1 Å². The fraction of sp³-hybridized carbons (Fsp3) is 0.0909. The van der Waals surface area contributed by atoms with Gasteiger partial charge in [0.05, 0.1) is 10.5 Å². The molecule has 3 N–H and O–H groups in total. The third-order valence-corrected chi connectivity index (χ3v) is 3.57. The first-order valence-electron chi connectivity index (χ1n) is 4.44. The van der Waals surface area contributed by atoms with Crippen LogP contribution in [0.3, 0.4) is 0 Å². The van der Waals surface area contributed by atoms with Crippen LogP contribution in [0.1, 0.15) is 17.2 Å². The van der Waals surface area contributed by atoms with Gasteiger partial charge in [0, 0.05) is 0 Å². The van der Waals surface area contributed by atoms with Crippen LogP contribution in [-0.2, 0) is 0 Å². The third kappa shape index (κ3) is 2.22. The second-order valence-corrected chi connectivity index (χ2v) is 4.88. The number of aromatic hydroxyl groups is 1. The number of hydrogen-bond acceptors (Lipinski definition) is 3. The van der Waals surface area contributed by atoms with Gasteiger partial charge in [0.2, 0.25) is 0 Å². The fourth-order valence-electron chi connectivity index (χ4n) is 1.36. The summed E-state index contributed by atoms with van der Waals surface area (Å²) in [6.45, 7) is 0. The van der Waals surface area contributed by atoms with Crippen molar-refractivity contribution in [1.82, 2.24) is 0 Å². The Balaban J connectivity index is 2.34. The molecule has 4 heteroatoms. The molecule has 0 aliphatic rings. The van der Waals surface area contributed by atoms with Gasteiger partial charge >= 0.3 is 0 Å². The minimum Gasteiger partial charge on any atom is -0.507 e. The Hall–Kier alpha value is -0.840. The van der Waals surface area contributed by atoms with E-state index in [4.69, 9.17) is 5.73 Å². The zero-order valence-electron chi connectivity index (χ0n) is 7.85. The average molecular weight is 284 g/mol. The Labute approximate surface area is 100 Å². The molecule has 1 atom stereocenters. The van der Waals surface area contributed by atoms with Crippen LogP contribution in [0.4, 0.5) is 0 Å². The number of benzene rings is 1.